The number of carboxylic acids is 1. The number of hydrogen-bond acceptors (Lipinski definition) is 5. The maximum atomic E-state index is 13.4. The highest BCUT2D eigenvalue weighted by molar-refractivity contribution is 7.17. The lowest BCUT2D eigenvalue weighted by atomic mass is 9.82. The summed E-state index contributed by atoms with van der Waals surface area (Å²) >= 11 is 1.21. The molecule has 156 valence electrons. The molecule has 2 aliphatic carbocycles. The molecule has 2 N–H and O–H groups in total. The molecule has 0 aliphatic heterocycles. The van der Waals surface area contributed by atoms with Crippen molar-refractivity contribution in [1.29, 1.82) is 0 Å². The van der Waals surface area contributed by atoms with E-state index < -0.39 is 35.5 Å². The number of allylic oxidation sites excluding steroid dienone is 2. The van der Waals surface area contributed by atoms with Crippen LogP contribution in [0, 0.1) is 36.4 Å². The Hall–Kier alpha value is -3.00. The van der Waals surface area contributed by atoms with Crippen molar-refractivity contribution >= 4 is 34.2 Å². The summed E-state index contributed by atoms with van der Waals surface area (Å²) in [5.74, 6) is -4.19. The van der Waals surface area contributed by atoms with Gasteiger partial charge < -0.3 is 15.2 Å². The lowest BCUT2D eigenvalue weighted by molar-refractivity contribution is -0.146. The maximum Gasteiger partial charge on any atom is 0.341 e. The number of halogens is 1. The molecule has 1 fully saturated rings. The monoisotopic (exact) mass is 429 g/mol. The van der Waals surface area contributed by atoms with Gasteiger partial charge >= 0.3 is 11.9 Å². The fourth-order valence-corrected chi connectivity index (χ4v) is 5.67. The second-order valence-corrected chi connectivity index (χ2v) is 8.79. The number of anilines is 1. The summed E-state index contributed by atoms with van der Waals surface area (Å²) in [7, 11) is 1.25. The third kappa shape index (κ3) is 3.31. The summed E-state index contributed by atoms with van der Waals surface area (Å²) in [5, 5.41) is 12.7. The van der Waals surface area contributed by atoms with E-state index in [-0.39, 0.29) is 17.4 Å². The molecule has 8 heteroatoms. The van der Waals surface area contributed by atoms with Gasteiger partial charge in [0.05, 0.1) is 18.9 Å². The van der Waals surface area contributed by atoms with Gasteiger partial charge in [0, 0.05) is 10.4 Å². The van der Waals surface area contributed by atoms with Crippen molar-refractivity contribution in [3.63, 3.8) is 0 Å². The van der Waals surface area contributed by atoms with Crippen LogP contribution in [0.3, 0.4) is 0 Å². The van der Waals surface area contributed by atoms with Crippen molar-refractivity contribution in [3.8, 4) is 11.1 Å². The topological polar surface area (TPSA) is 92.7 Å². The highest BCUT2D eigenvalue weighted by Crippen LogP contribution is 2.49. The van der Waals surface area contributed by atoms with Crippen LogP contribution in [0.15, 0.2) is 36.4 Å². The first-order valence-corrected chi connectivity index (χ1v) is 10.3. The molecule has 0 unspecified atom stereocenters. The van der Waals surface area contributed by atoms with E-state index in [0.717, 1.165) is 4.88 Å². The molecule has 4 rings (SSSR count). The first-order chi connectivity index (χ1) is 14.3. The number of benzene rings is 1. The average Bonchev–Trinajstić information content (AvgIpc) is 3.41. The summed E-state index contributed by atoms with van der Waals surface area (Å²) < 4.78 is 18.3. The molecular weight excluding hydrogens is 409 g/mol. The van der Waals surface area contributed by atoms with Crippen molar-refractivity contribution in [2.24, 2.45) is 23.7 Å². The number of fused-ring (bicyclic) bond motifs is 2. The minimum absolute atomic E-state index is 0.129. The molecule has 2 aliphatic rings. The zero-order chi connectivity index (χ0) is 21.6. The molecule has 1 aromatic carbocycles. The third-order valence-corrected chi connectivity index (χ3v) is 6.91. The van der Waals surface area contributed by atoms with Crippen molar-refractivity contribution in [2.75, 3.05) is 12.4 Å². The summed E-state index contributed by atoms with van der Waals surface area (Å²) in [6.45, 7) is 1.80. The number of thiophene rings is 1. The number of carbonyl (C=O) groups excluding carboxylic acids is 2. The number of carbonyl (C=O) groups is 3. The summed E-state index contributed by atoms with van der Waals surface area (Å²) in [4.78, 5) is 38.1. The first-order valence-electron chi connectivity index (χ1n) is 9.51. The van der Waals surface area contributed by atoms with Gasteiger partial charge in [0.25, 0.3) is 0 Å². The Kier molecular flexibility index (Phi) is 5.19. The number of hydrogen-bond donors (Lipinski definition) is 2. The van der Waals surface area contributed by atoms with Gasteiger partial charge in [-0.05, 0) is 42.9 Å². The summed E-state index contributed by atoms with van der Waals surface area (Å²) in [6, 6.07) is 5.71. The predicted molar refractivity (Wildman–Crippen MR) is 110 cm³/mol. The highest BCUT2D eigenvalue weighted by atomic mass is 32.1. The van der Waals surface area contributed by atoms with Crippen LogP contribution in [0.1, 0.15) is 21.7 Å². The van der Waals surface area contributed by atoms with Crippen LogP contribution in [0.4, 0.5) is 9.39 Å². The van der Waals surface area contributed by atoms with Gasteiger partial charge in [-0.1, -0.05) is 24.3 Å². The molecule has 0 spiro atoms. The Morgan fingerprint density at radius 1 is 1.13 bits per heavy atom. The molecule has 1 aromatic heterocycles. The lowest BCUT2D eigenvalue weighted by Gasteiger charge is -2.23. The normalized spacial score (nSPS) is 24.1. The summed E-state index contributed by atoms with van der Waals surface area (Å²) in [6.07, 6.45) is 4.41. The van der Waals surface area contributed by atoms with Crippen molar-refractivity contribution in [1.82, 2.24) is 0 Å². The fourth-order valence-electron chi connectivity index (χ4n) is 4.61. The van der Waals surface area contributed by atoms with Gasteiger partial charge in [0.2, 0.25) is 5.91 Å². The Morgan fingerprint density at radius 2 is 1.77 bits per heavy atom. The minimum atomic E-state index is -0.991. The third-order valence-electron chi connectivity index (χ3n) is 5.89. The Bertz CT molecular complexity index is 1060. The van der Waals surface area contributed by atoms with Gasteiger partial charge in [-0.3, -0.25) is 9.59 Å². The number of amides is 1. The van der Waals surface area contributed by atoms with Crippen LogP contribution < -0.4 is 5.32 Å². The Balaban J connectivity index is 1.71. The zero-order valence-corrected chi connectivity index (χ0v) is 17.2. The largest absolute Gasteiger partial charge is 0.481 e. The zero-order valence-electron chi connectivity index (χ0n) is 16.3. The van der Waals surface area contributed by atoms with E-state index in [1.54, 1.807) is 19.1 Å². The minimum Gasteiger partial charge on any atom is -0.481 e. The molecule has 6 nitrogen and oxygen atoms in total. The lowest BCUT2D eigenvalue weighted by Crippen LogP contribution is -2.36. The number of nitrogens with one attached hydrogen (secondary N) is 1. The van der Waals surface area contributed by atoms with Crippen LogP contribution in [-0.4, -0.2) is 30.1 Å². The smallest absolute Gasteiger partial charge is 0.341 e. The van der Waals surface area contributed by atoms with E-state index >= 15 is 0 Å². The number of esters is 1. The van der Waals surface area contributed by atoms with Crippen molar-refractivity contribution in [2.45, 2.75) is 13.3 Å². The highest BCUT2D eigenvalue weighted by Gasteiger charge is 2.51. The number of aryl methyl sites for hydroxylation is 1. The van der Waals surface area contributed by atoms with Crippen LogP contribution in [-0.2, 0) is 14.3 Å². The number of rotatable bonds is 5. The predicted octanol–water partition coefficient (Wildman–Crippen LogP) is 4.11. The van der Waals surface area contributed by atoms with E-state index in [2.05, 4.69) is 5.32 Å². The maximum absolute atomic E-state index is 13.4. The quantitative estimate of drug-likeness (QED) is 0.551. The van der Waals surface area contributed by atoms with Crippen LogP contribution in [0.25, 0.3) is 11.1 Å². The van der Waals surface area contributed by atoms with Crippen LogP contribution >= 0.6 is 11.3 Å². The van der Waals surface area contributed by atoms with E-state index in [1.807, 2.05) is 12.2 Å². The van der Waals surface area contributed by atoms with Gasteiger partial charge in [-0.2, -0.15) is 0 Å². The van der Waals surface area contributed by atoms with E-state index in [0.29, 0.717) is 22.5 Å². The Morgan fingerprint density at radius 3 is 2.37 bits per heavy atom. The average molecular weight is 429 g/mol. The molecule has 1 amide bonds. The number of aliphatic carboxylic acids is 1. The standard InChI is InChI=1S/C22H20FNO5S/c1-10-15(11-5-7-14(23)8-6-11)18(22(28)29-2)20(30-10)24-19(25)16-12-3-4-13(9-12)17(16)21(26)27/h3-8,12-13,16-17H,9H2,1-2H3,(H,24,25)(H,26,27)/t12-,13-,16-,17-/m0/s1. The van der Waals surface area contributed by atoms with Crippen molar-refractivity contribution in [3.05, 3.63) is 52.7 Å². The van der Waals surface area contributed by atoms with Gasteiger partial charge in [0.1, 0.15) is 16.4 Å². The van der Waals surface area contributed by atoms with Gasteiger partial charge in [-0.25, -0.2) is 9.18 Å². The van der Waals surface area contributed by atoms with Crippen LogP contribution in [0.5, 0.6) is 0 Å². The van der Waals surface area contributed by atoms with Crippen LogP contribution in [0.2, 0.25) is 0 Å². The molecule has 2 bridgehead atoms. The molecule has 1 saturated carbocycles. The summed E-state index contributed by atoms with van der Waals surface area (Å²) in [5.41, 5.74) is 1.37. The van der Waals surface area contributed by atoms with Gasteiger partial charge in [-0.15, -0.1) is 11.3 Å². The van der Waals surface area contributed by atoms with E-state index in [1.165, 1.54) is 30.6 Å². The van der Waals surface area contributed by atoms with Gasteiger partial charge in [0.15, 0.2) is 0 Å². The second kappa shape index (κ2) is 7.68. The molecule has 0 radical (unpaired) electrons. The molecule has 2 aromatic rings. The fraction of sp³-hybridized carbons (Fsp3) is 0.318. The molecule has 0 saturated heterocycles. The SMILES string of the molecule is COC(=O)c1c(NC(=O)[C@@H]2[C@@H](C(=O)O)[C@H]3C=C[C@H]2C3)sc(C)c1-c1ccc(F)cc1. The van der Waals surface area contributed by atoms with Crippen molar-refractivity contribution < 1.29 is 28.6 Å². The molecular formula is C22H20FNO5S. The molecule has 1 heterocycles. The second-order valence-electron chi connectivity index (χ2n) is 7.56. The van der Waals surface area contributed by atoms with E-state index in [4.69, 9.17) is 4.74 Å². The number of ether oxygens (including phenoxy) is 1. The Labute approximate surface area is 176 Å². The number of methoxy groups -OCH3 is 1. The first kappa shape index (κ1) is 20.3. The van der Waals surface area contributed by atoms with E-state index in [9.17, 15) is 23.9 Å². The molecule has 4 atom stereocenters. The number of carboxylic acid groups (broad SMARTS) is 1. The molecule has 30 heavy (non-hydrogen) atoms.